The molecule has 0 saturated carbocycles. The highest BCUT2D eigenvalue weighted by atomic mass is 35.5. The van der Waals surface area contributed by atoms with Gasteiger partial charge in [-0.2, -0.15) is 0 Å². The van der Waals surface area contributed by atoms with Crippen LogP contribution in [0.15, 0.2) is 21.4 Å². The van der Waals surface area contributed by atoms with Crippen LogP contribution < -0.4 is 0 Å². The van der Waals surface area contributed by atoms with E-state index in [4.69, 9.17) is 20.8 Å². The normalized spacial score (nSPS) is 23.1. The fourth-order valence-electron chi connectivity index (χ4n) is 2.14. The Kier molecular flexibility index (Phi) is 3.93. The molecule has 0 amide bonds. The van der Waals surface area contributed by atoms with Crippen LogP contribution in [0.3, 0.4) is 0 Å². The number of thioether (sulfide) groups is 1. The van der Waals surface area contributed by atoms with Crippen LogP contribution in [0.5, 0.6) is 0 Å². The zero-order valence-corrected chi connectivity index (χ0v) is 13.7. The summed E-state index contributed by atoms with van der Waals surface area (Å²) in [6.07, 6.45) is -0.980. The molecule has 2 heterocycles. The summed E-state index contributed by atoms with van der Waals surface area (Å²) in [7, 11) is 0. The molecule has 1 aliphatic heterocycles. The maximum atomic E-state index is 13.8. The highest BCUT2D eigenvalue weighted by molar-refractivity contribution is 8.00. The van der Waals surface area contributed by atoms with Crippen molar-refractivity contribution in [3.05, 3.63) is 23.0 Å². The molecule has 114 valence electrons. The van der Waals surface area contributed by atoms with Crippen molar-refractivity contribution in [3.63, 3.8) is 0 Å². The topological polar surface area (TPSA) is 35.3 Å². The molecule has 1 aromatic heterocycles. The molecular weight excluding hydrogens is 313 g/mol. The molecule has 1 aromatic carbocycles. The van der Waals surface area contributed by atoms with Crippen molar-refractivity contribution < 1.29 is 13.5 Å². The first-order valence-electron chi connectivity index (χ1n) is 6.84. The maximum absolute atomic E-state index is 13.8. The number of ether oxygens (including phenoxy) is 1. The Bertz CT molecular complexity index is 667. The van der Waals surface area contributed by atoms with Crippen molar-refractivity contribution in [2.45, 2.75) is 42.5 Å². The Morgan fingerprint density at radius 3 is 2.71 bits per heavy atom. The van der Waals surface area contributed by atoms with Crippen LogP contribution in [0.2, 0.25) is 5.02 Å². The van der Waals surface area contributed by atoms with Crippen molar-refractivity contribution >= 4 is 34.5 Å². The molecule has 1 fully saturated rings. The van der Waals surface area contributed by atoms with Gasteiger partial charge in [0.25, 0.3) is 0 Å². The average Bonchev–Trinajstić information content (AvgIpc) is 2.99. The number of rotatable bonds is 2. The number of oxazole rings is 1. The van der Waals surface area contributed by atoms with Crippen LogP contribution in [-0.2, 0) is 10.2 Å². The van der Waals surface area contributed by atoms with Gasteiger partial charge in [0.1, 0.15) is 11.7 Å². The Balaban J connectivity index is 2.03. The van der Waals surface area contributed by atoms with E-state index in [1.165, 1.54) is 11.8 Å². The van der Waals surface area contributed by atoms with Crippen molar-refractivity contribution in [2.24, 2.45) is 0 Å². The van der Waals surface area contributed by atoms with Crippen LogP contribution in [0.1, 0.15) is 26.7 Å². The molecule has 0 radical (unpaired) electrons. The largest absolute Gasteiger partial charge is 0.439 e. The first-order chi connectivity index (χ1) is 9.86. The monoisotopic (exact) mass is 329 g/mol. The second kappa shape index (κ2) is 5.45. The molecule has 1 aliphatic rings. The summed E-state index contributed by atoms with van der Waals surface area (Å²) >= 11 is 7.65. The van der Waals surface area contributed by atoms with Gasteiger partial charge in [-0.05, 0) is 12.1 Å². The van der Waals surface area contributed by atoms with Crippen LogP contribution in [-0.4, -0.2) is 29.6 Å². The Morgan fingerprint density at radius 2 is 2.10 bits per heavy atom. The summed E-state index contributed by atoms with van der Waals surface area (Å²) in [6, 6.07) is 3.61. The predicted octanol–water partition coefficient (Wildman–Crippen LogP) is 4.61. The minimum atomic E-state index is -0.980. The number of hydrogen-bond acceptors (Lipinski definition) is 4. The summed E-state index contributed by atoms with van der Waals surface area (Å²) in [5.74, 6) is 0.654. The van der Waals surface area contributed by atoms with Crippen molar-refractivity contribution in [1.82, 2.24) is 4.98 Å². The van der Waals surface area contributed by atoms with Gasteiger partial charge in [0.15, 0.2) is 5.58 Å². The lowest BCUT2D eigenvalue weighted by Gasteiger charge is -2.13. The van der Waals surface area contributed by atoms with Gasteiger partial charge < -0.3 is 9.15 Å². The number of alkyl halides is 1. The SMILES string of the molecule is CC(C)(C)c1nc2ccc(Cl)c(SC3COCC3F)c2o1. The molecule has 2 atom stereocenters. The lowest BCUT2D eigenvalue weighted by Crippen LogP contribution is -2.15. The molecular formula is C15H17ClFNO2S. The third kappa shape index (κ3) is 2.91. The highest BCUT2D eigenvalue weighted by Crippen LogP contribution is 2.41. The van der Waals surface area contributed by atoms with Crippen molar-refractivity contribution in [1.29, 1.82) is 0 Å². The van der Waals surface area contributed by atoms with E-state index in [0.29, 0.717) is 23.1 Å². The molecule has 0 N–H and O–H groups in total. The number of fused-ring (bicyclic) bond motifs is 1. The number of hydrogen-bond donors (Lipinski definition) is 0. The van der Waals surface area contributed by atoms with Crippen LogP contribution >= 0.6 is 23.4 Å². The fourth-order valence-corrected chi connectivity index (χ4v) is 3.55. The van der Waals surface area contributed by atoms with E-state index in [9.17, 15) is 4.39 Å². The van der Waals surface area contributed by atoms with Gasteiger partial charge in [-0.1, -0.05) is 32.4 Å². The number of nitrogens with zero attached hydrogens (tertiary/aromatic N) is 1. The minimum absolute atomic E-state index is 0.148. The first kappa shape index (κ1) is 15.1. The summed E-state index contributed by atoms with van der Waals surface area (Å²) in [5.41, 5.74) is 1.20. The van der Waals surface area contributed by atoms with E-state index < -0.39 is 6.17 Å². The number of benzene rings is 1. The molecule has 0 spiro atoms. The molecule has 2 unspecified atom stereocenters. The third-order valence-electron chi connectivity index (χ3n) is 3.34. The van der Waals surface area contributed by atoms with Gasteiger partial charge in [0.05, 0.1) is 28.4 Å². The second-order valence-corrected chi connectivity index (χ2v) is 7.86. The lowest BCUT2D eigenvalue weighted by atomic mass is 9.97. The van der Waals surface area contributed by atoms with E-state index in [-0.39, 0.29) is 17.3 Å². The molecule has 0 bridgehead atoms. The number of halogens is 2. The smallest absolute Gasteiger partial charge is 0.200 e. The van der Waals surface area contributed by atoms with E-state index in [1.54, 1.807) is 6.07 Å². The van der Waals surface area contributed by atoms with Gasteiger partial charge in [0.2, 0.25) is 5.89 Å². The fraction of sp³-hybridized carbons (Fsp3) is 0.533. The second-order valence-electron chi connectivity index (χ2n) is 6.20. The van der Waals surface area contributed by atoms with Gasteiger partial charge >= 0.3 is 0 Å². The van der Waals surface area contributed by atoms with Crippen LogP contribution in [0.25, 0.3) is 11.1 Å². The summed E-state index contributed by atoms with van der Waals surface area (Å²) < 4.78 is 24.8. The van der Waals surface area contributed by atoms with Crippen LogP contribution in [0, 0.1) is 0 Å². The summed E-state index contributed by atoms with van der Waals surface area (Å²) in [5, 5.41) is 0.305. The van der Waals surface area contributed by atoms with E-state index in [0.717, 1.165) is 10.4 Å². The zero-order valence-electron chi connectivity index (χ0n) is 12.2. The van der Waals surface area contributed by atoms with Crippen molar-refractivity contribution in [3.8, 4) is 0 Å². The molecule has 6 heteroatoms. The summed E-state index contributed by atoms with van der Waals surface area (Å²) in [4.78, 5) is 5.26. The van der Waals surface area contributed by atoms with Crippen LogP contribution in [0.4, 0.5) is 4.39 Å². The quantitative estimate of drug-likeness (QED) is 0.806. The van der Waals surface area contributed by atoms with Crippen molar-refractivity contribution in [2.75, 3.05) is 13.2 Å². The predicted molar refractivity (Wildman–Crippen MR) is 83.1 cm³/mol. The molecule has 2 aromatic rings. The average molecular weight is 330 g/mol. The molecule has 3 nitrogen and oxygen atoms in total. The van der Waals surface area contributed by atoms with Gasteiger partial charge in [0, 0.05) is 5.41 Å². The third-order valence-corrected chi connectivity index (χ3v) is 5.14. The number of aromatic nitrogens is 1. The summed E-state index contributed by atoms with van der Waals surface area (Å²) in [6.45, 7) is 6.64. The molecule has 3 rings (SSSR count). The van der Waals surface area contributed by atoms with Gasteiger partial charge in [-0.25, -0.2) is 9.37 Å². The Morgan fingerprint density at radius 1 is 1.33 bits per heavy atom. The Labute approximate surface area is 132 Å². The molecule has 21 heavy (non-hydrogen) atoms. The molecule has 0 aliphatic carbocycles. The Hall–Kier alpha value is -0.780. The first-order valence-corrected chi connectivity index (χ1v) is 8.10. The van der Waals surface area contributed by atoms with E-state index >= 15 is 0 Å². The standard InChI is InChI=1S/C15H17ClFNO2S/c1-15(2,3)14-18-10-5-4-8(16)13(12(10)20-14)21-11-7-19-6-9(11)17/h4-5,9,11H,6-7H2,1-3H3. The van der Waals surface area contributed by atoms with Gasteiger partial charge in [-0.3, -0.25) is 0 Å². The highest BCUT2D eigenvalue weighted by Gasteiger charge is 2.31. The lowest BCUT2D eigenvalue weighted by molar-refractivity contribution is 0.173. The van der Waals surface area contributed by atoms with E-state index in [1.807, 2.05) is 26.8 Å². The van der Waals surface area contributed by atoms with E-state index in [2.05, 4.69) is 4.98 Å². The molecule has 1 saturated heterocycles. The maximum Gasteiger partial charge on any atom is 0.200 e. The minimum Gasteiger partial charge on any atom is -0.439 e. The zero-order chi connectivity index (χ0) is 15.2. The van der Waals surface area contributed by atoms with Gasteiger partial charge in [-0.15, -0.1) is 11.8 Å².